The number of aromatic nitrogens is 2. The summed E-state index contributed by atoms with van der Waals surface area (Å²) in [5.74, 6) is -0.219. The van der Waals surface area contributed by atoms with Gasteiger partial charge >= 0.3 is 0 Å². The maximum atomic E-state index is 12.7. The number of halogens is 1. The Morgan fingerprint density at radius 2 is 1.94 bits per heavy atom. The van der Waals surface area contributed by atoms with Crippen LogP contribution in [-0.2, 0) is 22.4 Å². The molecular weight excluding hydrogens is 480 g/mol. The van der Waals surface area contributed by atoms with E-state index in [0.29, 0.717) is 58.7 Å². The Hall–Kier alpha value is -4.04. The second-order valence-corrected chi connectivity index (χ2v) is 8.87. The number of Topliss-reactive ketones (excluding diaryl/α,β-unsaturated/α-hetero) is 1. The van der Waals surface area contributed by atoms with Crippen molar-refractivity contribution in [3.8, 4) is 5.75 Å². The molecular formula is C27H25ClN4O4. The molecule has 2 heterocycles. The third-order valence-corrected chi connectivity index (χ3v) is 6.09. The number of benzene rings is 2. The van der Waals surface area contributed by atoms with Crippen molar-refractivity contribution in [3.05, 3.63) is 94.5 Å². The predicted octanol–water partition coefficient (Wildman–Crippen LogP) is 3.49. The fourth-order valence-electron chi connectivity index (χ4n) is 3.94. The lowest BCUT2D eigenvalue weighted by molar-refractivity contribution is -0.124. The van der Waals surface area contributed by atoms with Gasteiger partial charge in [0.05, 0.1) is 22.9 Å². The van der Waals surface area contributed by atoms with Crippen LogP contribution >= 0.6 is 11.6 Å². The summed E-state index contributed by atoms with van der Waals surface area (Å²) in [6.07, 6.45) is 3.47. The Morgan fingerprint density at radius 3 is 2.69 bits per heavy atom. The molecule has 0 spiro atoms. The van der Waals surface area contributed by atoms with Crippen LogP contribution in [0.15, 0.2) is 61.3 Å². The number of rotatable bonds is 7. The van der Waals surface area contributed by atoms with Crippen LogP contribution in [0.4, 0.5) is 5.69 Å². The smallest absolute Gasteiger partial charge is 0.294 e. The predicted molar refractivity (Wildman–Crippen MR) is 137 cm³/mol. The Kier molecular flexibility index (Phi) is 7.45. The molecule has 2 aromatic carbocycles. The van der Waals surface area contributed by atoms with Crippen molar-refractivity contribution in [2.45, 2.75) is 12.8 Å². The molecule has 2 amide bonds. The molecule has 1 aromatic heterocycles. The molecule has 3 aromatic rings. The third-order valence-electron chi connectivity index (χ3n) is 5.78. The summed E-state index contributed by atoms with van der Waals surface area (Å²) in [6.45, 7) is 4.44. The quantitative estimate of drug-likeness (QED) is 0.278. The van der Waals surface area contributed by atoms with Crippen molar-refractivity contribution >= 4 is 34.9 Å². The van der Waals surface area contributed by atoms with Crippen LogP contribution < -0.4 is 9.64 Å². The van der Waals surface area contributed by atoms with Gasteiger partial charge in [-0.05, 0) is 29.3 Å². The number of fused-ring (bicyclic) bond motifs is 1. The summed E-state index contributed by atoms with van der Waals surface area (Å²) in [7, 11) is 3.07. The van der Waals surface area contributed by atoms with Crippen molar-refractivity contribution in [2.24, 2.45) is 0 Å². The number of hydrogen-bond acceptors (Lipinski definition) is 6. The first kappa shape index (κ1) is 25.1. The fourth-order valence-corrected chi connectivity index (χ4v) is 4.10. The highest BCUT2D eigenvalue weighted by Crippen LogP contribution is 2.33. The van der Waals surface area contributed by atoms with Crippen molar-refractivity contribution in [2.75, 3.05) is 32.1 Å². The molecule has 0 bridgehead atoms. The first-order chi connectivity index (χ1) is 17.3. The van der Waals surface area contributed by atoms with Crippen LogP contribution in [0.3, 0.4) is 0 Å². The zero-order valence-corrected chi connectivity index (χ0v) is 20.8. The first-order valence-electron chi connectivity index (χ1n) is 11.3. The maximum absolute atomic E-state index is 12.7. The number of carbonyl (C=O) groups excluding carboxylic acids is 3. The van der Waals surface area contributed by atoms with Gasteiger partial charge in [-0.1, -0.05) is 48.5 Å². The molecule has 0 atom stereocenters. The molecule has 0 aliphatic carbocycles. The van der Waals surface area contributed by atoms with Crippen molar-refractivity contribution in [1.29, 1.82) is 0 Å². The minimum Gasteiger partial charge on any atom is -0.490 e. The number of ketones is 1. The topological polar surface area (TPSA) is 92.7 Å². The lowest BCUT2D eigenvalue weighted by atomic mass is 9.99. The Morgan fingerprint density at radius 1 is 1.17 bits per heavy atom. The van der Waals surface area contributed by atoms with Crippen molar-refractivity contribution in [1.82, 2.24) is 14.9 Å². The molecule has 36 heavy (non-hydrogen) atoms. The van der Waals surface area contributed by atoms with Gasteiger partial charge in [0.15, 0.2) is 0 Å². The number of likely N-dealkylation sites (N-methyl/N-ethyl adjacent to an activating group) is 1. The van der Waals surface area contributed by atoms with E-state index in [1.807, 2.05) is 18.2 Å². The number of hydrogen-bond donors (Lipinski definition) is 0. The van der Waals surface area contributed by atoms with Crippen LogP contribution in [0.25, 0.3) is 0 Å². The SMILES string of the molecule is C=CC(=O)N1CCOc2ccc(Cc3ncc(Cl)c(Cc4ccccc4C(=O)C(=O)N(C)C)n3)cc21. The van der Waals surface area contributed by atoms with Gasteiger partial charge in [0.25, 0.3) is 17.6 Å². The number of amides is 2. The maximum Gasteiger partial charge on any atom is 0.294 e. The average molecular weight is 505 g/mol. The summed E-state index contributed by atoms with van der Waals surface area (Å²) in [5, 5.41) is 0.363. The van der Waals surface area contributed by atoms with Gasteiger partial charge in [-0.15, -0.1) is 0 Å². The summed E-state index contributed by atoms with van der Waals surface area (Å²) in [4.78, 5) is 49.1. The number of nitrogens with zero attached hydrogens (tertiary/aromatic N) is 4. The minimum atomic E-state index is -0.600. The highest BCUT2D eigenvalue weighted by molar-refractivity contribution is 6.43. The molecule has 0 N–H and O–H groups in total. The normalized spacial score (nSPS) is 12.4. The third kappa shape index (κ3) is 5.28. The zero-order chi connectivity index (χ0) is 25.8. The van der Waals surface area contributed by atoms with Gasteiger partial charge in [-0.25, -0.2) is 9.97 Å². The van der Waals surface area contributed by atoms with Gasteiger partial charge in [-0.2, -0.15) is 0 Å². The highest BCUT2D eigenvalue weighted by atomic mass is 35.5. The van der Waals surface area contributed by atoms with Crippen LogP contribution in [0.5, 0.6) is 5.75 Å². The summed E-state index contributed by atoms with van der Waals surface area (Å²) in [5.41, 5.74) is 3.07. The Balaban J connectivity index is 1.60. The largest absolute Gasteiger partial charge is 0.490 e. The van der Waals surface area contributed by atoms with Crippen LogP contribution in [0, 0.1) is 0 Å². The molecule has 1 aliphatic rings. The first-order valence-corrected chi connectivity index (χ1v) is 11.7. The lowest BCUT2D eigenvalue weighted by Gasteiger charge is -2.29. The Bertz CT molecular complexity index is 1360. The fraction of sp³-hybridized carbons (Fsp3) is 0.222. The van der Waals surface area contributed by atoms with Gasteiger partial charge in [0, 0.05) is 38.7 Å². The lowest BCUT2D eigenvalue weighted by Crippen LogP contribution is -2.36. The van der Waals surface area contributed by atoms with E-state index in [0.717, 1.165) is 5.56 Å². The molecule has 0 fully saturated rings. The molecule has 8 nitrogen and oxygen atoms in total. The van der Waals surface area contributed by atoms with E-state index in [-0.39, 0.29) is 12.3 Å². The molecule has 0 unspecified atom stereocenters. The van der Waals surface area contributed by atoms with Crippen LogP contribution in [0.2, 0.25) is 5.02 Å². The summed E-state index contributed by atoms with van der Waals surface area (Å²) in [6, 6.07) is 12.5. The van der Waals surface area contributed by atoms with E-state index in [1.54, 1.807) is 29.2 Å². The van der Waals surface area contributed by atoms with Crippen LogP contribution in [-0.4, -0.2) is 59.7 Å². The molecule has 0 radical (unpaired) electrons. The summed E-state index contributed by atoms with van der Waals surface area (Å²) >= 11 is 6.40. The van der Waals surface area contributed by atoms with E-state index in [2.05, 4.69) is 16.5 Å². The van der Waals surface area contributed by atoms with E-state index in [1.165, 1.54) is 31.3 Å². The Labute approximate surface area is 214 Å². The monoisotopic (exact) mass is 504 g/mol. The molecule has 184 valence electrons. The molecule has 9 heteroatoms. The number of anilines is 1. The minimum absolute atomic E-state index is 0.192. The van der Waals surface area contributed by atoms with E-state index < -0.39 is 11.7 Å². The van der Waals surface area contributed by atoms with Crippen LogP contribution in [0.1, 0.15) is 33.0 Å². The molecule has 4 rings (SSSR count). The summed E-state index contributed by atoms with van der Waals surface area (Å²) < 4.78 is 5.69. The second-order valence-electron chi connectivity index (χ2n) is 8.46. The molecule has 0 saturated carbocycles. The average Bonchev–Trinajstić information content (AvgIpc) is 2.89. The number of ether oxygens (including phenoxy) is 1. The molecule has 1 aliphatic heterocycles. The highest BCUT2D eigenvalue weighted by Gasteiger charge is 2.23. The second kappa shape index (κ2) is 10.7. The zero-order valence-electron chi connectivity index (χ0n) is 20.0. The van der Waals surface area contributed by atoms with Gasteiger partial charge < -0.3 is 14.5 Å². The van der Waals surface area contributed by atoms with E-state index in [9.17, 15) is 14.4 Å². The molecule has 0 saturated heterocycles. The number of carbonyl (C=O) groups is 3. The van der Waals surface area contributed by atoms with Crippen molar-refractivity contribution in [3.63, 3.8) is 0 Å². The standard InChI is InChI=1S/C27H25ClN4O4/c1-4-25(33)32-11-12-36-23-10-9-17(13-22(23)32)14-24-29-16-20(28)21(30-24)15-18-7-5-6-8-19(18)26(34)27(35)31(2)3/h4-10,13,16H,1,11-12,14-15H2,2-3H3. The van der Waals surface area contributed by atoms with Crippen molar-refractivity contribution < 1.29 is 19.1 Å². The van der Waals surface area contributed by atoms with E-state index in [4.69, 9.17) is 16.3 Å². The van der Waals surface area contributed by atoms with Gasteiger partial charge in [0.2, 0.25) is 0 Å². The van der Waals surface area contributed by atoms with Gasteiger partial charge in [0.1, 0.15) is 18.2 Å². The van der Waals surface area contributed by atoms with Gasteiger partial charge in [-0.3, -0.25) is 14.4 Å². The van der Waals surface area contributed by atoms with E-state index >= 15 is 0 Å².